The topological polar surface area (TPSA) is 62.1 Å². The van der Waals surface area contributed by atoms with E-state index in [1.165, 1.54) is 11.3 Å². The fraction of sp³-hybridized carbons (Fsp3) is 0.357. The van der Waals surface area contributed by atoms with Crippen molar-refractivity contribution >= 4 is 11.5 Å². The average Bonchev–Trinajstić information content (AvgIpc) is 2.79. The number of nitrogens with one attached hydrogen (secondary N) is 2. The number of nitrogens with zero attached hydrogens (tertiary/aromatic N) is 2. The molecule has 5 nitrogen and oxygen atoms in total. The highest BCUT2D eigenvalue weighted by molar-refractivity contribution is 5.60. The van der Waals surface area contributed by atoms with Crippen LogP contribution in [0.25, 0.3) is 0 Å². The molecule has 0 fully saturated rings. The number of hydrogen-bond acceptors (Lipinski definition) is 4. The lowest BCUT2D eigenvalue weighted by molar-refractivity contribution is 0.267. The molecule has 0 radical (unpaired) electrons. The third-order valence-corrected chi connectivity index (χ3v) is 3.36. The Kier molecular flexibility index (Phi) is 3.48. The number of aliphatic hydroxyl groups is 1. The minimum absolute atomic E-state index is 0.117. The maximum atomic E-state index is 9.12. The van der Waals surface area contributed by atoms with Crippen molar-refractivity contribution in [2.75, 3.05) is 18.5 Å². The molecule has 19 heavy (non-hydrogen) atoms. The zero-order valence-corrected chi connectivity index (χ0v) is 10.8. The summed E-state index contributed by atoms with van der Waals surface area (Å²) in [7, 11) is 0. The highest BCUT2D eigenvalue weighted by atomic mass is 16.3. The van der Waals surface area contributed by atoms with Gasteiger partial charge in [-0.25, -0.2) is 0 Å². The van der Waals surface area contributed by atoms with Crippen LogP contribution >= 0.6 is 0 Å². The van der Waals surface area contributed by atoms with E-state index in [0.717, 1.165) is 31.0 Å². The minimum atomic E-state index is 0.117. The number of rotatable bonds is 4. The smallest absolute Gasteiger partial charge is 0.157 e. The second-order valence-electron chi connectivity index (χ2n) is 4.64. The molecule has 1 aromatic heterocycles. The first-order valence-electron chi connectivity index (χ1n) is 6.60. The second kappa shape index (κ2) is 5.42. The SMILES string of the molecule is OCCn1nc(Nc2ccccc2)c2c1CCNC2. The van der Waals surface area contributed by atoms with E-state index in [1.807, 2.05) is 35.0 Å². The largest absolute Gasteiger partial charge is 0.394 e. The molecular formula is C14H18N4O. The summed E-state index contributed by atoms with van der Waals surface area (Å²) < 4.78 is 1.92. The molecule has 3 rings (SSSR count). The average molecular weight is 258 g/mol. The van der Waals surface area contributed by atoms with Crippen LogP contribution in [0.15, 0.2) is 30.3 Å². The van der Waals surface area contributed by atoms with Crippen molar-refractivity contribution in [3.05, 3.63) is 41.6 Å². The molecule has 100 valence electrons. The van der Waals surface area contributed by atoms with Gasteiger partial charge in [0.15, 0.2) is 5.82 Å². The molecule has 1 aliphatic rings. The summed E-state index contributed by atoms with van der Waals surface area (Å²) in [5.74, 6) is 0.891. The highest BCUT2D eigenvalue weighted by Crippen LogP contribution is 2.25. The zero-order chi connectivity index (χ0) is 13.1. The first-order chi connectivity index (χ1) is 9.38. The van der Waals surface area contributed by atoms with Crippen molar-refractivity contribution in [1.82, 2.24) is 15.1 Å². The number of benzene rings is 1. The lowest BCUT2D eigenvalue weighted by Crippen LogP contribution is -2.25. The van der Waals surface area contributed by atoms with Crippen molar-refractivity contribution in [3.63, 3.8) is 0 Å². The normalized spacial score (nSPS) is 14.2. The Hall–Kier alpha value is -1.85. The van der Waals surface area contributed by atoms with Crippen molar-refractivity contribution in [1.29, 1.82) is 0 Å². The number of fused-ring (bicyclic) bond motifs is 1. The lowest BCUT2D eigenvalue weighted by Gasteiger charge is -2.15. The number of para-hydroxylation sites is 1. The zero-order valence-electron chi connectivity index (χ0n) is 10.8. The molecule has 1 aliphatic heterocycles. The van der Waals surface area contributed by atoms with Gasteiger partial charge in [0, 0.05) is 36.5 Å². The Labute approximate surface area is 112 Å². The number of aromatic nitrogens is 2. The standard InChI is InChI=1S/C14H18N4O/c19-9-8-18-13-6-7-15-10-12(13)14(17-18)16-11-4-2-1-3-5-11/h1-5,15,19H,6-10H2,(H,16,17). The number of hydrogen-bond donors (Lipinski definition) is 3. The molecule has 0 atom stereocenters. The van der Waals surface area contributed by atoms with E-state index in [9.17, 15) is 0 Å². The Bertz CT molecular complexity index is 550. The second-order valence-corrected chi connectivity index (χ2v) is 4.64. The Morgan fingerprint density at radius 1 is 1.32 bits per heavy atom. The van der Waals surface area contributed by atoms with Crippen LogP contribution < -0.4 is 10.6 Å². The summed E-state index contributed by atoms with van der Waals surface area (Å²) in [5.41, 5.74) is 3.47. The van der Waals surface area contributed by atoms with Gasteiger partial charge in [0.05, 0.1) is 13.2 Å². The molecule has 5 heteroatoms. The highest BCUT2D eigenvalue weighted by Gasteiger charge is 2.20. The van der Waals surface area contributed by atoms with Gasteiger partial charge in [0.1, 0.15) is 0 Å². The van der Waals surface area contributed by atoms with E-state index in [1.54, 1.807) is 0 Å². The monoisotopic (exact) mass is 258 g/mol. The number of aliphatic hydroxyl groups excluding tert-OH is 1. The van der Waals surface area contributed by atoms with Crippen LogP contribution in [0.5, 0.6) is 0 Å². The molecule has 0 amide bonds. The van der Waals surface area contributed by atoms with Gasteiger partial charge in [-0.05, 0) is 12.1 Å². The fourth-order valence-corrected chi connectivity index (χ4v) is 2.46. The minimum Gasteiger partial charge on any atom is -0.394 e. The van der Waals surface area contributed by atoms with E-state index in [4.69, 9.17) is 5.11 Å². The van der Waals surface area contributed by atoms with Crippen LogP contribution in [-0.4, -0.2) is 28.0 Å². The van der Waals surface area contributed by atoms with Gasteiger partial charge < -0.3 is 15.7 Å². The Morgan fingerprint density at radius 3 is 2.95 bits per heavy atom. The summed E-state index contributed by atoms with van der Waals surface area (Å²) in [4.78, 5) is 0. The third kappa shape index (κ3) is 2.47. The predicted octanol–water partition coefficient (Wildman–Crippen LogP) is 1.26. The molecule has 0 saturated heterocycles. The first kappa shape index (κ1) is 12.2. The van der Waals surface area contributed by atoms with Gasteiger partial charge in [0.25, 0.3) is 0 Å². The molecule has 0 saturated carbocycles. The Morgan fingerprint density at radius 2 is 2.16 bits per heavy atom. The van der Waals surface area contributed by atoms with Crippen LogP contribution in [0.2, 0.25) is 0 Å². The van der Waals surface area contributed by atoms with Crippen LogP contribution in [0.4, 0.5) is 11.5 Å². The fourth-order valence-electron chi connectivity index (χ4n) is 2.46. The van der Waals surface area contributed by atoms with Crippen LogP contribution in [0, 0.1) is 0 Å². The van der Waals surface area contributed by atoms with Gasteiger partial charge >= 0.3 is 0 Å². The predicted molar refractivity (Wildman–Crippen MR) is 74.4 cm³/mol. The van der Waals surface area contributed by atoms with E-state index in [2.05, 4.69) is 15.7 Å². The summed E-state index contributed by atoms with van der Waals surface area (Å²) in [5, 5.41) is 20.4. The van der Waals surface area contributed by atoms with E-state index < -0.39 is 0 Å². The van der Waals surface area contributed by atoms with Crippen molar-refractivity contribution in [3.8, 4) is 0 Å². The molecular weight excluding hydrogens is 240 g/mol. The first-order valence-corrected chi connectivity index (χ1v) is 6.60. The van der Waals surface area contributed by atoms with Crippen molar-refractivity contribution in [2.45, 2.75) is 19.5 Å². The lowest BCUT2D eigenvalue weighted by atomic mass is 10.1. The third-order valence-electron chi connectivity index (χ3n) is 3.36. The molecule has 0 bridgehead atoms. The van der Waals surface area contributed by atoms with E-state index in [0.29, 0.717) is 6.54 Å². The molecule has 0 spiro atoms. The molecule has 2 heterocycles. The van der Waals surface area contributed by atoms with Crippen LogP contribution in [0.3, 0.4) is 0 Å². The summed E-state index contributed by atoms with van der Waals surface area (Å²) in [6.07, 6.45) is 0.957. The van der Waals surface area contributed by atoms with E-state index >= 15 is 0 Å². The van der Waals surface area contributed by atoms with E-state index in [-0.39, 0.29) is 6.61 Å². The van der Waals surface area contributed by atoms with Gasteiger partial charge in [-0.15, -0.1) is 0 Å². The van der Waals surface area contributed by atoms with Crippen LogP contribution in [0.1, 0.15) is 11.3 Å². The Balaban J connectivity index is 1.92. The summed E-state index contributed by atoms with van der Waals surface area (Å²) in [6, 6.07) is 10.0. The number of anilines is 2. The van der Waals surface area contributed by atoms with Gasteiger partial charge in [0.2, 0.25) is 0 Å². The molecule has 0 unspecified atom stereocenters. The molecule has 1 aromatic carbocycles. The van der Waals surface area contributed by atoms with Crippen molar-refractivity contribution < 1.29 is 5.11 Å². The van der Waals surface area contributed by atoms with Crippen LogP contribution in [-0.2, 0) is 19.5 Å². The van der Waals surface area contributed by atoms with Gasteiger partial charge in [-0.3, -0.25) is 4.68 Å². The van der Waals surface area contributed by atoms with Crippen molar-refractivity contribution in [2.24, 2.45) is 0 Å². The quantitative estimate of drug-likeness (QED) is 0.773. The van der Waals surface area contributed by atoms with Gasteiger partial charge in [-0.1, -0.05) is 18.2 Å². The molecule has 3 N–H and O–H groups in total. The summed E-state index contributed by atoms with van der Waals surface area (Å²) in [6.45, 7) is 2.47. The maximum Gasteiger partial charge on any atom is 0.157 e. The molecule has 2 aromatic rings. The maximum absolute atomic E-state index is 9.12. The summed E-state index contributed by atoms with van der Waals surface area (Å²) >= 11 is 0. The molecule has 0 aliphatic carbocycles. The van der Waals surface area contributed by atoms with Gasteiger partial charge in [-0.2, -0.15) is 5.10 Å².